The van der Waals surface area contributed by atoms with E-state index in [1.54, 1.807) is 18.9 Å². The van der Waals surface area contributed by atoms with Crippen LogP contribution in [0.4, 0.5) is 5.69 Å². The molecule has 0 saturated heterocycles. The lowest BCUT2D eigenvalue weighted by atomic mass is 9.95. The van der Waals surface area contributed by atoms with Crippen molar-refractivity contribution in [1.82, 2.24) is 5.32 Å². The zero-order valence-electron chi connectivity index (χ0n) is 12.5. The summed E-state index contributed by atoms with van der Waals surface area (Å²) in [6.45, 7) is 1.65. The van der Waals surface area contributed by atoms with Crippen LogP contribution in [0.25, 0.3) is 11.1 Å². The predicted octanol–water partition coefficient (Wildman–Crippen LogP) is 2.71. The molecule has 0 bridgehead atoms. The number of benzene rings is 2. The quantitative estimate of drug-likeness (QED) is 0.925. The van der Waals surface area contributed by atoms with Gasteiger partial charge < -0.3 is 10.2 Å². The average Bonchev–Trinajstić information content (AvgIpc) is 2.65. The Labute approximate surface area is 129 Å². The predicted molar refractivity (Wildman–Crippen MR) is 86.1 cm³/mol. The molecule has 22 heavy (non-hydrogen) atoms. The van der Waals surface area contributed by atoms with Crippen molar-refractivity contribution in [3.8, 4) is 11.1 Å². The lowest BCUT2D eigenvalue weighted by Crippen LogP contribution is -2.40. The first kappa shape index (κ1) is 14.3. The molecule has 2 aromatic rings. The van der Waals surface area contributed by atoms with Gasteiger partial charge in [-0.15, -0.1) is 0 Å². The second kappa shape index (κ2) is 5.64. The molecule has 1 atom stereocenters. The average molecular weight is 293 g/mol. The summed E-state index contributed by atoms with van der Waals surface area (Å²) in [6.07, 6.45) is 1.42. The van der Waals surface area contributed by atoms with E-state index < -0.39 is 6.04 Å². The fourth-order valence-electron chi connectivity index (χ4n) is 2.80. The van der Waals surface area contributed by atoms with Gasteiger partial charge in [-0.25, -0.2) is 0 Å². The molecule has 0 unspecified atom stereocenters. The van der Waals surface area contributed by atoms with Gasteiger partial charge in [-0.2, -0.15) is 0 Å². The van der Waals surface area contributed by atoms with E-state index in [2.05, 4.69) is 5.32 Å². The summed E-state index contributed by atoms with van der Waals surface area (Å²) < 4.78 is 0. The molecule has 1 aliphatic rings. The Kier molecular flexibility index (Phi) is 3.67. The summed E-state index contributed by atoms with van der Waals surface area (Å²) in [5.74, 6) is -0.403. The summed E-state index contributed by atoms with van der Waals surface area (Å²) in [7, 11) is 1.74. The van der Waals surface area contributed by atoms with Crippen LogP contribution in [0.2, 0.25) is 0 Å². The molecule has 1 radical (unpaired) electrons. The van der Waals surface area contributed by atoms with E-state index in [9.17, 15) is 9.59 Å². The number of fused-ring (bicyclic) bond motifs is 3. The van der Waals surface area contributed by atoms with Crippen LogP contribution in [0.5, 0.6) is 0 Å². The maximum Gasteiger partial charge on any atom is 0.253 e. The molecule has 111 valence electrons. The van der Waals surface area contributed by atoms with Crippen molar-refractivity contribution < 1.29 is 9.59 Å². The molecule has 1 N–H and O–H groups in total. The first-order chi connectivity index (χ1) is 10.6. The van der Waals surface area contributed by atoms with E-state index in [0.29, 0.717) is 0 Å². The van der Waals surface area contributed by atoms with Gasteiger partial charge in [-0.1, -0.05) is 49.4 Å². The van der Waals surface area contributed by atoms with Crippen molar-refractivity contribution in [2.75, 3.05) is 11.9 Å². The molecule has 1 aliphatic heterocycles. The second-order valence-electron chi connectivity index (χ2n) is 5.23. The van der Waals surface area contributed by atoms with Gasteiger partial charge in [-0.3, -0.25) is 9.59 Å². The third kappa shape index (κ3) is 2.26. The van der Waals surface area contributed by atoms with Gasteiger partial charge in [0.25, 0.3) is 5.91 Å². The molecule has 2 aromatic carbocycles. The van der Waals surface area contributed by atoms with Crippen LogP contribution in [-0.2, 0) is 9.59 Å². The molecule has 2 amide bonds. The molecule has 4 heteroatoms. The fourth-order valence-corrected chi connectivity index (χ4v) is 2.80. The Bertz CT molecular complexity index is 739. The summed E-state index contributed by atoms with van der Waals surface area (Å²) >= 11 is 0. The van der Waals surface area contributed by atoms with E-state index in [1.807, 2.05) is 48.5 Å². The lowest BCUT2D eigenvalue weighted by Gasteiger charge is -2.22. The zero-order chi connectivity index (χ0) is 15.7. The van der Waals surface area contributed by atoms with Gasteiger partial charge in [-0.05, 0) is 17.2 Å². The molecule has 0 fully saturated rings. The Balaban J connectivity index is 2.21. The molecular weight excluding hydrogens is 276 g/mol. The number of rotatable bonds is 2. The summed E-state index contributed by atoms with van der Waals surface area (Å²) in [4.78, 5) is 26.2. The normalized spacial score (nSPS) is 16.5. The molecule has 1 heterocycles. The van der Waals surface area contributed by atoms with Crippen LogP contribution in [-0.4, -0.2) is 18.9 Å². The van der Waals surface area contributed by atoms with Gasteiger partial charge >= 0.3 is 0 Å². The summed E-state index contributed by atoms with van der Waals surface area (Å²) in [6, 6.07) is 14.8. The highest BCUT2D eigenvalue weighted by molar-refractivity contribution is 6.06. The van der Waals surface area contributed by atoms with E-state index in [1.165, 1.54) is 6.42 Å². The fraction of sp³-hybridized carbons (Fsp3) is 0.167. The number of para-hydroxylation sites is 1. The van der Waals surface area contributed by atoms with E-state index in [4.69, 9.17) is 0 Å². The lowest BCUT2D eigenvalue weighted by molar-refractivity contribution is -0.125. The second-order valence-corrected chi connectivity index (χ2v) is 5.23. The highest BCUT2D eigenvalue weighted by Gasteiger charge is 2.32. The number of hydrogen-bond donors (Lipinski definition) is 1. The minimum Gasteiger partial charge on any atom is -0.340 e. The zero-order valence-corrected chi connectivity index (χ0v) is 12.5. The van der Waals surface area contributed by atoms with Gasteiger partial charge in [0.15, 0.2) is 0 Å². The monoisotopic (exact) mass is 293 g/mol. The standard InChI is InChI=1S/C18H17N2O2/c1-3-16(21)19-17-14-10-5-4-8-12(14)13-9-6-7-11-15(13)20(2)18(17)22/h3-11,17H,1-2H3,(H,19,21)/t17-/m0/s1. The summed E-state index contributed by atoms with van der Waals surface area (Å²) in [5.41, 5.74) is 3.63. The van der Waals surface area contributed by atoms with Gasteiger partial charge in [0.05, 0.1) is 5.69 Å². The molecule has 4 nitrogen and oxygen atoms in total. The SMILES string of the molecule is C[CH]C(=O)N[C@@H]1C(=O)N(C)c2ccccc2-c2ccccc21. The number of anilines is 1. The van der Waals surface area contributed by atoms with Crippen LogP contribution >= 0.6 is 0 Å². The highest BCUT2D eigenvalue weighted by atomic mass is 16.2. The molecule has 0 spiro atoms. The minimum absolute atomic E-state index is 0.146. The number of carbonyl (C=O) groups is 2. The number of carbonyl (C=O) groups excluding carboxylic acids is 2. The van der Waals surface area contributed by atoms with Gasteiger partial charge in [0.2, 0.25) is 5.91 Å². The number of amides is 2. The molecule has 0 aliphatic carbocycles. The van der Waals surface area contributed by atoms with E-state index in [0.717, 1.165) is 22.4 Å². The first-order valence-electron chi connectivity index (χ1n) is 7.19. The van der Waals surface area contributed by atoms with Crippen LogP contribution in [0.1, 0.15) is 18.5 Å². The van der Waals surface area contributed by atoms with Crippen LogP contribution in [0.3, 0.4) is 0 Å². The Morgan fingerprint density at radius 3 is 2.45 bits per heavy atom. The first-order valence-corrected chi connectivity index (χ1v) is 7.19. The van der Waals surface area contributed by atoms with Crippen molar-refractivity contribution in [2.24, 2.45) is 0 Å². The highest BCUT2D eigenvalue weighted by Crippen LogP contribution is 2.39. The summed E-state index contributed by atoms with van der Waals surface area (Å²) in [5, 5.41) is 2.79. The molecule has 0 aromatic heterocycles. The van der Waals surface area contributed by atoms with Crippen molar-refractivity contribution >= 4 is 17.5 Å². The van der Waals surface area contributed by atoms with Gasteiger partial charge in [0.1, 0.15) is 6.04 Å². The number of hydrogen-bond acceptors (Lipinski definition) is 2. The maximum absolute atomic E-state index is 12.8. The van der Waals surface area contributed by atoms with E-state index >= 15 is 0 Å². The van der Waals surface area contributed by atoms with Crippen LogP contribution in [0, 0.1) is 6.42 Å². The topological polar surface area (TPSA) is 49.4 Å². The third-order valence-corrected chi connectivity index (χ3v) is 3.95. The van der Waals surface area contributed by atoms with Crippen LogP contribution < -0.4 is 10.2 Å². The number of nitrogens with one attached hydrogen (secondary N) is 1. The number of likely N-dealkylation sites (N-methyl/N-ethyl adjacent to an activating group) is 1. The van der Waals surface area contributed by atoms with Crippen molar-refractivity contribution in [2.45, 2.75) is 13.0 Å². The smallest absolute Gasteiger partial charge is 0.253 e. The van der Waals surface area contributed by atoms with Crippen molar-refractivity contribution in [3.63, 3.8) is 0 Å². The maximum atomic E-state index is 12.8. The number of nitrogens with zero attached hydrogens (tertiary/aromatic N) is 1. The Morgan fingerprint density at radius 1 is 1.09 bits per heavy atom. The Morgan fingerprint density at radius 2 is 1.73 bits per heavy atom. The molecule has 0 saturated carbocycles. The van der Waals surface area contributed by atoms with Crippen molar-refractivity contribution in [3.05, 3.63) is 60.5 Å². The minimum atomic E-state index is -0.683. The molecular formula is C18H17N2O2. The van der Waals surface area contributed by atoms with Gasteiger partial charge in [0, 0.05) is 19.0 Å². The largest absolute Gasteiger partial charge is 0.340 e. The van der Waals surface area contributed by atoms with E-state index in [-0.39, 0.29) is 11.8 Å². The molecule has 3 rings (SSSR count). The Hall–Kier alpha value is -2.62. The third-order valence-electron chi connectivity index (χ3n) is 3.95. The van der Waals surface area contributed by atoms with Crippen molar-refractivity contribution in [1.29, 1.82) is 0 Å². The van der Waals surface area contributed by atoms with Crippen LogP contribution in [0.15, 0.2) is 48.5 Å².